The standard InChI is InChI=1S/C23H36O4/c1-3-4-5-6-7-8-9-10-13-19-26-22(24)17-14-18-23(25)27-21-16-12-11-15-20(21)2/h11-12,15-16H,3-10,13-14,17-19H2,1-2H3. The molecule has 0 heterocycles. The highest BCUT2D eigenvalue weighted by Crippen LogP contribution is 2.17. The van der Waals surface area contributed by atoms with Crippen molar-refractivity contribution in [2.45, 2.75) is 90.9 Å². The topological polar surface area (TPSA) is 52.6 Å². The number of unbranched alkanes of at least 4 members (excludes halogenated alkanes) is 8. The summed E-state index contributed by atoms with van der Waals surface area (Å²) in [5.41, 5.74) is 0.922. The molecule has 4 nitrogen and oxygen atoms in total. The lowest BCUT2D eigenvalue weighted by Crippen LogP contribution is -2.11. The van der Waals surface area contributed by atoms with Gasteiger partial charge < -0.3 is 9.47 Å². The lowest BCUT2D eigenvalue weighted by molar-refractivity contribution is -0.144. The van der Waals surface area contributed by atoms with E-state index < -0.39 is 0 Å². The first-order valence-corrected chi connectivity index (χ1v) is 10.6. The maximum atomic E-state index is 11.8. The van der Waals surface area contributed by atoms with Gasteiger partial charge in [0.2, 0.25) is 0 Å². The number of ether oxygens (including phenoxy) is 2. The first-order chi connectivity index (χ1) is 13.1. The molecule has 0 atom stereocenters. The van der Waals surface area contributed by atoms with Crippen molar-refractivity contribution < 1.29 is 19.1 Å². The van der Waals surface area contributed by atoms with Gasteiger partial charge in [0.05, 0.1) is 6.61 Å². The summed E-state index contributed by atoms with van der Waals surface area (Å²) >= 11 is 0. The molecule has 0 fully saturated rings. The Morgan fingerprint density at radius 1 is 0.778 bits per heavy atom. The van der Waals surface area contributed by atoms with Crippen LogP contribution in [-0.4, -0.2) is 18.5 Å². The van der Waals surface area contributed by atoms with E-state index in [0.29, 0.717) is 18.8 Å². The SMILES string of the molecule is CCCCCCCCCCCOC(=O)CCCC(=O)Oc1ccccc1C. The third-order valence-electron chi connectivity index (χ3n) is 4.59. The van der Waals surface area contributed by atoms with Crippen LogP contribution in [-0.2, 0) is 14.3 Å². The summed E-state index contributed by atoms with van der Waals surface area (Å²) in [6.07, 6.45) is 12.1. The molecule has 1 rings (SSSR count). The Morgan fingerprint density at radius 3 is 2.04 bits per heavy atom. The summed E-state index contributed by atoms with van der Waals surface area (Å²) in [5.74, 6) is 0.0461. The van der Waals surface area contributed by atoms with Crippen LogP contribution in [0.1, 0.15) is 89.5 Å². The molecule has 0 N–H and O–H groups in total. The molecule has 0 amide bonds. The Kier molecular flexibility index (Phi) is 13.1. The fourth-order valence-corrected chi connectivity index (χ4v) is 2.89. The number of hydrogen-bond acceptors (Lipinski definition) is 4. The van der Waals surface area contributed by atoms with Crippen LogP contribution in [0.3, 0.4) is 0 Å². The molecule has 0 radical (unpaired) electrons. The van der Waals surface area contributed by atoms with E-state index in [9.17, 15) is 9.59 Å². The minimum atomic E-state index is -0.309. The average Bonchev–Trinajstić information content (AvgIpc) is 2.65. The summed E-state index contributed by atoms with van der Waals surface area (Å²) in [5, 5.41) is 0. The Balaban J connectivity index is 1.95. The number of aryl methyl sites for hydroxylation is 1. The van der Waals surface area contributed by atoms with Crippen LogP contribution < -0.4 is 4.74 Å². The minimum absolute atomic E-state index is 0.224. The number of benzene rings is 1. The van der Waals surface area contributed by atoms with E-state index in [1.165, 1.54) is 44.9 Å². The van der Waals surface area contributed by atoms with Crippen molar-refractivity contribution in [3.05, 3.63) is 29.8 Å². The molecule has 0 aromatic heterocycles. The maximum absolute atomic E-state index is 11.8. The molecule has 0 spiro atoms. The molecule has 0 unspecified atom stereocenters. The molecular formula is C23H36O4. The first kappa shape index (κ1) is 23.2. The number of carbonyl (C=O) groups excluding carboxylic acids is 2. The second-order valence-corrected chi connectivity index (χ2v) is 7.14. The van der Waals surface area contributed by atoms with Gasteiger partial charge in [0.1, 0.15) is 5.75 Å². The summed E-state index contributed by atoms with van der Waals surface area (Å²) in [7, 11) is 0. The molecular weight excluding hydrogens is 340 g/mol. The van der Waals surface area contributed by atoms with Crippen LogP contribution in [0.25, 0.3) is 0 Å². The van der Waals surface area contributed by atoms with Crippen molar-refractivity contribution in [1.82, 2.24) is 0 Å². The molecule has 0 bridgehead atoms. The third-order valence-corrected chi connectivity index (χ3v) is 4.59. The quantitative estimate of drug-likeness (QED) is 0.209. The van der Waals surface area contributed by atoms with Crippen molar-refractivity contribution in [2.24, 2.45) is 0 Å². The highest BCUT2D eigenvalue weighted by Gasteiger charge is 2.09. The molecule has 1 aromatic rings. The van der Waals surface area contributed by atoms with E-state index in [1.807, 2.05) is 25.1 Å². The van der Waals surface area contributed by atoms with E-state index in [-0.39, 0.29) is 24.8 Å². The maximum Gasteiger partial charge on any atom is 0.311 e. The van der Waals surface area contributed by atoms with Gasteiger partial charge in [-0.15, -0.1) is 0 Å². The number of esters is 2. The molecule has 0 saturated heterocycles. The van der Waals surface area contributed by atoms with Crippen LogP contribution in [0, 0.1) is 6.92 Å². The Morgan fingerprint density at radius 2 is 1.37 bits per heavy atom. The van der Waals surface area contributed by atoms with Crippen molar-refractivity contribution in [3.63, 3.8) is 0 Å². The van der Waals surface area contributed by atoms with Crippen molar-refractivity contribution in [3.8, 4) is 5.75 Å². The van der Waals surface area contributed by atoms with Gasteiger partial charge in [0.25, 0.3) is 0 Å². The normalized spacial score (nSPS) is 10.6. The zero-order valence-corrected chi connectivity index (χ0v) is 17.1. The predicted octanol–water partition coefficient (Wildman–Crippen LogP) is 6.14. The van der Waals surface area contributed by atoms with Gasteiger partial charge in [0.15, 0.2) is 0 Å². The van der Waals surface area contributed by atoms with Crippen LogP contribution in [0.15, 0.2) is 24.3 Å². The molecule has 0 saturated carbocycles. The average molecular weight is 377 g/mol. The lowest BCUT2D eigenvalue weighted by Gasteiger charge is -2.07. The van der Waals surface area contributed by atoms with Gasteiger partial charge in [-0.3, -0.25) is 9.59 Å². The largest absolute Gasteiger partial charge is 0.466 e. The molecule has 4 heteroatoms. The van der Waals surface area contributed by atoms with Gasteiger partial charge in [-0.2, -0.15) is 0 Å². The minimum Gasteiger partial charge on any atom is -0.466 e. The monoisotopic (exact) mass is 376 g/mol. The van der Waals surface area contributed by atoms with E-state index in [1.54, 1.807) is 6.07 Å². The number of carbonyl (C=O) groups is 2. The summed E-state index contributed by atoms with van der Waals surface area (Å²) < 4.78 is 10.5. The van der Waals surface area contributed by atoms with Gasteiger partial charge in [-0.05, 0) is 31.4 Å². The van der Waals surface area contributed by atoms with E-state index >= 15 is 0 Å². The molecule has 27 heavy (non-hydrogen) atoms. The zero-order valence-electron chi connectivity index (χ0n) is 17.1. The van der Waals surface area contributed by atoms with Gasteiger partial charge in [0, 0.05) is 12.8 Å². The highest BCUT2D eigenvalue weighted by atomic mass is 16.5. The Labute approximate surface area is 164 Å². The molecule has 0 aliphatic carbocycles. The van der Waals surface area contributed by atoms with E-state index in [2.05, 4.69) is 6.92 Å². The Bertz CT molecular complexity index is 539. The molecule has 152 valence electrons. The highest BCUT2D eigenvalue weighted by molar-refractivity contribution is 5.74. The van der Waals surface area contributed by atoms with Crippen LogP contribution in [0.2, 0.25) is 0 Å². The number of rotatable bonds is 15. The van der Waals surface area contributed by atoms with Gasteiger partial charge in [-0.1, -0.05) is 76.5 Å². The van der Waals surface area contributed by atoms with Crippen molar-refractivity contribution >= 4 is 11.9 Å². The second-order valence-electron chi connectivity index (χ2n) is 7.14. The molecule has 0 aliphatic rings. The van der Waals surface area contributed by atoms with E-state index in [0.717, 1.165) is 18.4 Å². The lowest BCUT2D eigenvalue weighted by atomic mass is 10.1. The summed E-state index contributed by atoms with van der Waals surface area (Å²) in [6, 6.07) is 7.40. The fraction of sp³-hybridized carbons (Fsp3) is 0.652. The zero-order chi connectivity index (χ0) is 19.7. The van der Waals surface area contributed by atoms with Gasteiger partial charge in [-0.25, -0.2) is 0 Å². The summed E-state index contributed by atoms with van der Waals surface area (Å²) in [6.45, 7) is 4.62. The summed E-state index contributed by atoms with van der Waals surface area (Å²) in [4.78, 5) is 23.5. The fourth-order valence-electron chi connectivity index (χ4n) is 2.89. The third kappa shape index (κ3) is 12.2. The first-order valence-electron chi connectivity index (χ1n) is 10.6. The molecule has 0 aliphatic heterocycles. The number of para-hydroxylation sites is 1. The van der Waals surface area contributed by atoms with Crippen LogP contribution in [0.5, 0.6) is 5.75 Å². The molecule has 1 aromatic carbocycles. The van der Waals surface area contributed by atoms with Crippen LogP contribution >= 0.6 is 0 Å². The van der Waals surface area contributed by atoms with Crippen molar-refractivity contribution in [1.29, 1.82) is 0 Å². The Hall–Kier alpha value is -1.84. The van der Waals surface area contributed by atoms with Crippen molar-refractivity contribution in [2.75, 3.05) is 6.61 Å². The second kappa shape index (κ2) is 15.2. The number of hydrogen-bond donors (Lipinski definition) is 0. The predicted molar refractivity (Wildman–Crippen MR) is 109 cm³/mol. The van der Waals surface area contributed by atoms with Crippen LogP contribution in [0.4, 0.5) is 0 Å². The smallest absolute Gasteiger partial charge is 0.311 e. The van der Waals surface area contributed by atoms with E-state index in [4.69, 9.17) is 9.47 Å². The van der Waals surface area contributed by atoms with Gasteiger partial charge >= 0.3 is 11.9 Å².